The molecule has 3 aliphatic heterocycles. The van der Waals surface area contributed by atoms with Gasteiger partial charge in [0.1, 0.15) is 84.3 Å². The minimum absolute atomic E-state index is 0.0104. The molecule has 0 saturated carbocycles. The molecule has 0 radical (unpaired) electrons. The lowest BCUT2D eigenvalue weighted by atomic mass is 9.96. The third-order valence-electron chi connectivity index (χ3n) is 23.4. The fourth-order valence-corrected chi connectivity index (χ4v) is 16.8. The van der Waals surface area contributed by atoms with Crippen LogP contribution in [0.5, 0.6) is 5.75 Å². The Hall–Kier alpha value is -13.5. The van der Waals surface area contributed by atoms with Crippen LogP contribution in [0.15, 0.2) is 128 Å². The SMILES string of the molecule is CCCC[C@H]1C(=O)N2C[C@H](O)C[C@@H]2C(=O)N[C@H](CC(=O)O)C(=O)N[C@H](C(C)C)C(=O)N(C)[C@@H](Cc2ccccc2)C(=O)N[C@@H](CCC(=O)O)C(=O)N2CC[C@@H]2C(=O)N[C@@H](Cc2c[nH]c3ccccc23)C(=O)N[C@@H](Cc2ccc(O)cc2)C(=O)N[C@@H](CCCN)C(=O)N[C@H](C(=O)NCC(N)=O)CSCC(=O)N[C@H](Cc2cc(F)c(F)c(F)c2)C(=O)N(C)[C@@H](Cc2ccccc2)C(=O)N1C. The van der Waals surface area contributed by atoms with Gasteiger partial charge in [-0.25, -0.2) is 13.2 Å². The normalized spacial score (nSPS) is 24.0. The molecule has 6 aromatic rings. The summed E-state index contributed by atoms with van der Waals surface area (Å²) in [5.41, 5.74) is 13.2. The molecule has 1 aromatic heterocycles. The fourth-order valence-electron chi connectivity index (χ4n) is 16.0. The number of halogens is 3. The number of primary amides is 1. The van der Waals surface area contributed by atoms with Gasteiger partial charge in [0.05, 0.1) is 24.8 Å². The lowest BCUT2D eigenvalue weighted by molar-refractivity contribution is -0.152. The number of aromatic amines is 1. The summed E-state index contributed by atoms with van der Waals surface area (Å²) < 4.78 is 45.0. The van der Waals surface area contributed by atoms with Crippen LogP contribution in [0, 0.1) is 23.4 Å². The van der Waals surface area contributed by atoms with Gasteiger partial charge in [0.15, 0.2) is 17.5 Å². The molecule has 5 aromatic carbocycles. The van der Waals surface area contributed by atoms with Gasteiger partial charge in [0.25, 0.3) is 0 Å². The van der Waals surface area contributed by atoms with Crippen molar-refractivity contribution >= 4 is 123 Å². The van der Waals surface area contributed by atoms with Gasteiger partial charge >= 0.3 is 11.9 Å². The average molecular weight is 1870 g/mol. The van der Waals surface area contributed by atoms with Gasteiger partial charge in [-0.05, 0) is 103 Å². The van der Waals surface area contributed by atoms with Gasteiger partial charge in [-0.2, -0.15) is 0 Å². The second-order valence-electron chi connectivity index (χ2n) is 33.5. The molecule has 0 aliphatic carbocycles. The Morgan fingerprint density at radius 2 is 1.08 bits per heavy atom. The lowest BCUT2D eigenvalue weighted by Gasteiger charge is -2.42. The number of aliphatic carboxylic acids is 2. The van der Waals surface area contributed by atoms with E-state index in [1.165, 1.54) is 52.2 Å². The summed E-state index contributed by atoms with van der Waals surface area (Å²) >= 11 is 0.635. The molecular weight excluding hydrogens is 1760 g/mol. The Kier molecular flexibility index (Phi) is 37.7. The molecule has 0 bridgehead atoms. The van der Waals surface area contributed by atoms with E-state index in [4.69, 9.17) is 11.5 Å². The zero-order valence-electron chi connectivity index (χ0n) is 74.3. The van der Waals surface area contributed by atoms with Crippen molar-refractivity contribution in [2.45, 2.75) is 202 Å². The molecular formula is C91H114F3N17O21S. The largest absolute Gasteiger partial charge is 0.508 e. The van der Waals surface area contributed by atoms with Crippen molar-refractivity contribution in [3.05, 3.63) is 173 Å². The van der Waals surface area contributed by atoms with Gasteiger partial charge in [-0.3, -0.25) is 81.5 Å². The number of nitrogens with two attached hydrogens (primary N) is 2. The molecule has 42 heteroatoms. The van der Waals surface area contributed by atoms with Crippen molar-refractivity contribution in [3.63, 3.8) is 0 Å². The number of carbonyl (C=O) groups excluding carboxylic acids is 15. The number of nitrogens with zero attached hydrogens (tertiary/aromatic N) is 5. The Balaban J connectivity index is 1.13. The van der Waals surface area contributed by atoms with Crippen molar-refractivity contribution in [1.82, 2.24) is 77.3 Å². The van der Waals surface area contributed by atoms with Gasteiger partial charge in [0, 0.05) is 102 Å². The standard InChI is InChI=1S/C91H114F3N17O21S/c1-7-8-25-69-90(131)111-46-56(113)42-71(111)86(127)104-65(43-76(118)119)83(124)106-78(49(2)3)91(132)108(5)70(39-50-18-11-9-12-19-50)85(126)101-62(30-31-75(116)117)88(129)110-34-32-68(110)84(125)103-64(41-54-44-97-60-23-16-15-22-57(54)60)82(123)102-63(37-52-26-28-55(112)29-27-52)81(122)100-61(24-17-33-95)80(121)105-67(79(120)98-45-73(96)114)47-133-48-74(115)99-66(38-53-35-58(92)77(94)59(93)36-53)87(128)109(6)72(89(130)107(69)4)40-51-20-13-10-14-21-51/h9-16,18-23,26-29,35-36,44,49,56,61-72,78,97,112-113H,7-8,17,24-25,30-34,37-43,45-48,95H2,1-6H3,(H2,96,114)(H,98,120)(H,99,115)(H,100,122)(H,101,126)(H,102,123)(H,103,125)(H,104,127)(H,105,121)(H,106,124)(H,116,117)(H,118,119)/t56-,61+,62+,63+,64+,65-,66-,67+,68-,69+,70+,71-,72+,78-/m1/s1. The second kappa shape index (κ2) is 48.6. The molecule has 0 spiro atoms. The maximum atomic E-state index is 15.7. The van der Waals surface area contributed by atoms with Crippen LogP contribution in [0.3, 0.4) is 0 Å². The number of carbonyl (C=O) groups is 17. The molecule has 4 heterocycles. The monoisotopic (exact) mass is 1870 g/mol. The third-order valence-corrected chi connectivity index (χ3v) is 24.5. The number of carboxylic acid groups (broad SMARTS) is 2. The van der Waals surface area contributed by atoms with Crippen LogP contribution in [0.25, 0.3) is 10.9 Å². The number of amides is 15. The predicted molar refractivity (Wildman–Crippen MR) is 477 cm³/mol. The van der Waals surface area contributed by atoms with Gasteiger partial charge in [-0.1, -0.05) is 125 Å². The first-order valence-electron chi connectivity index (χ1n) is 43.6. The summed E-state index contributed by atoms with van der Waals surface area (Å²) in [6.07, 6.45) is -4.93. The van der Waals surface area contributed by atoms with Crippen LogP contribution in [0.1, 0.15) is 113 Å². The van der Waals surface area contributed by atoms with E-state index in [9.17, 15) is 63.2 Å². The topological polar surface area (TPSA) is 563 Å². The molecule has 3 fully saturated rings. The molecule has 0 unspecified atom stereocenters. The Morgan fingerprint density at radius 1 is 0.534 bits per heavy atom. The smallest absolute Gasteiger partial charge is 0.305 e. The number of hydrogen-bond donors (Lipinski definition) is 16. The Morgan fingerprint density at radius 3 is 1.68 bits per heavy atom. The number of hydrogen-bond acceptors (Lipinski definition) is 21. The molecule has 38 nitrogen and oxygen atoms in total. The van der Waals surface area contributed by atoms with Crippen molar-refractivity contribution in [2.24, 2.45) is 17.4 Å². The number of rotatable bonds is 25. The van der Waals surface area contributed by atoms with Crippen LogP contribution in [0.2, 0.25) is 0 Å². The van der Waals surface area contributed by atoms with Crippen LogP contribution in [0.4, 0.5) is 13.2 Å². The van der Waals surface area contributed by atoms with Crippen molar-refractivity contribution < 1.29 is 115 Å². The summed E-state index contributed by atoms with van der Waals surface area (Å²) in [6, 6.07) is 7.55. The third kappa shape index (κ3) is 28.5. The number of aromatic nitrogens is 1. The van der Waals surface area contributed by atoms with Gasteiger partial charge in [0.2, 0.25) is 88.6 Å². The van der Waals surface area contributed by atoms with E-state index in [1.807, 2.05) is 0 Å². The first-order valence-corrected chi connectivity index (χ1v) is 44.7. The molecule has 133 heavy (non-hydrogen) atoms. The number of nitrogens with one attached hydrogen (secondary N) is 10. The first-order chi connectivity index (χ1) is 63.2. The van der Waals surface area contributed by atoms with Crippen molar-refractivity contribution in [3.8, 4) is 5.75 Å². The Labute approximate surface area is 768 Å². The number of likely N-dealkylation sites (N-methyl/N-ethyl adjacent to an activating group) is 3. The number of aliphatic hydroxyl groups excluding tert-OH is 1. The zero-order valence-corrected chi connectivity index (χ0v) is 75.1. The molecule has 3 aliphatic rings. The van der Waals surface area contributed by atoms with Crippen molar-refractivity contribution in [2.75, 3.05) is 58.8 Å². The quantitative estimate of drug-likeness (QED) is 0.0335. The van der Waals surface area contributed by atoms with E-state index < -0.39 is 271 Å². The van der Waals surface area contributed by atoms with E-state index in [2.05, 4.69) is 52.8 Å². The predicted octanol–water partition coefficient (Wildman–Crippen LogP) is -0.000900. The Bertz CT molecular complexity index is 5190. The number of aromatic hydroxyl groups is 1. The maximum absolute atomic E-state index is 15.7. The number of phenolic OH excluding ortho intramolecular Hbond substituents is 1. The lowest BCUT2D eigenvalue weighted by Crippen LogP contribution is -2.65. The number of para-hydroxylation sites is 1. The van der Waals surface area contributed by atoms with E-state index in [-0.39, 0.29) is 76.6 Å². The number of phenols is 1. The summed E-state index contributed by atoms with van der Waals surface area (Å²) in [7, 11) is 3.57. The van der Waals surface area contributed by atoms with Crippen LogP contribution in [-0.2, 0) is 114 Å². The molecule has 716 valence electrons. The number of H-pyrrole nitrogens is 1. The number of fused-ring (bicyclic) bond motifs is 3. The van der Waals surface area contributed by atoms with Gasteiger partial charge in [-0.15, -0.1) is 11.8 Å². The van der Waals surface area contributed by atoms with Crippen molar-refractivity contribution in [1.29, 1.82) is 0 Å². The highest BCUT2D eigenvalue weighted by Crippen LogP contribution is 2.29. The second-order valence-corrected chi connectivity index (χ2v) is 34.6. The first kappa shape index (κ1) is 103. The fraction of sp³-hybridized carbons (Fsp3) is 0.462. The highest BCUT2D eigenvalue weighted by molar-refractivity contribution is 8.00. The van der Waals surface area contributed by atoms with E-state index >= 15 is 51.9 Å². The minimum atomic E-state index is -2.06. The average Bonchev–Trinajstić information content (AvgIpc) is 1.52. The molecule has 15 amide bonds. The summed E-state index contributed by atoms with van der Waals surface area (Å²) in [5, 5.41) is 65.7. The van der Waals surface area contributed by atoms with E-state index in [1.54, 1.807) is 98.0 Å². The minimum Gasteiger partial charge on any atom is -0.508 e. The highest BCUT2D eigenvalue weighted by atomic mass is 32.2. The summed E-state index contributed by atoms with van der Waals surface area (Å²) in [4.78, 5) is 257. The maximum Gasteiger partial charge on any atom is 0.305 e. The number of unbranched alkanes of at least 4 members (excludes halogenated alkanes) is 1. The van der Waals surface area contributed by atoms with E-state index in [0.717, 1.165) is 31.5 Å². The van der Waals surface area contributed by atoms with E-state index in [0.29, 0.717) is 63.5 Å². The molecule has 14 atom stereocenters. The summed E-state index contributed by atoms with van der Waals surface area (Å²) in [6.45, 7) is 3.12. The van der Waals surface area contributed by atoms with Crippen LogP contribution in [-0.4, -0.2) is 294 Å². The molecule has 9 rings (SSSR count). The highest BCUT2D eigenvalue weighted by Gasteiger charge is 2.48. The number of carboxylic acids is 2. The number of benzene rings is 5. The van der Waals surface area contributed by atoms with Crippen LogP contribution >= 0.6 is 11.8 Å². The number of aliphatic hydroxyl groups is 1. The molecule has 18 N–H and O–H groups in total. The van der Waals surface area contributed by atoms with Gasteiger partial charge < -0.3 is 109 Å². The number of thioether (sulfide) groups is 1. The summed E-state index contributed by atoms with van der Waals surface area (Å²) in [5.74, 6) is -26.5. The zero-order chi connectivity index (χ0) is 97.2. The van der Waals surface area contributed by atoms with Crippen LogP contribution < -0.4 is 59.3 Å². The molecule has 3 saturated heterocycles.